The van der Waals surface area contributed by atoms with Gasteiger partial charge in [0.2, 0.25) is 0 Å². The summed E-state index contributed by atoms with van der Waals surface area (Å²) < 4.78 is 13.3. The third kappa shape index (κ3) is 3.22. The molecule has 1 heterocycles. The molecule has 4 rings (SSSR count). The molecule has 3 heteroatoms. The SMILES string of the molecule is CC(C)CNc1cc2c(cn1)CC(c1ccc(F)cc1)c1ccccc1-2. The summed E-state index contributed by atoms with van der Waals surface area (Å²) in [6, 6.07) is 17.6. The first-order valence-corrected chi connectivity index (χ1v) is 9.19. The number of aromatic nitrogens is 1. The first kappa shape index (κ1) is 16.8. The fourth-order valence-electron chi connectivity index (χ4n) is 3.67. The molecule has 2 aromatic carbocycles. The molecule has 1 aliphatic carbocycles. The topological polar surface area (TPSA) is 24.9 Å². The summed E-state index contributed by atoms with van der Waals surface area (Å²) >= 11 is 0. The molecule has 0 radical (unpaired) electrons. The van der Waals surface area contributed by atoms with Gasteiger partial charge in [-0.25, -0.2) is 9.37 Å². The number of rotatable bonds is 4. The Balaban J connectivity index is 1.75. The standard InChI is InChI=1S/C23H23FN2/c1-15(2)13-25-23-12-22-17(14-26-23)11-21(16-7-9-18(24)10-8-16)19-5-3-4-6-20(19)22/h3-10,12,14-15,21H,11,13H2,1-2H3,(H,25,26). The predicted molar refractivity (Wildman–Crippen MR) is 105 cm³/mol. The van der Waals surface area contributed by atoms with Gasteiger partial charge in [0, 0.05) is 18.7 Å². The van der Waals surface area contributed by atoms with Gasteiger partial charge in [-0.2, -0.15) is 0 Å². The van der Waals surface area contributed by atoms with Crippen LogP contribution in [0.5, 0.6) is 0 Å². The molecule has 132 valence electrons. The van der Waals surface area contributed by atoms with Crippen LogP contribution in [-0.4, -0.2) is 11.5 Å². The Morgan fingerprint density at radius 2 is 1.85 bits per heavy atom. The molecule has 0 amide bonds. The van der Waals surface area contributed by atoms with Crippen LogP contribution in [0.4, 0.5) is 10.2 Å². The van der Waals surface area contributed by atoms with E-state index in [0.717, 1.165) is 24.3 Å². The zero-order chi connectivity index (χ0) is 18.1. The minimum atomic E-state index is -0.194. The molecule has 0 aliphatic heterocycles. The van der Waals surface area contributed by atoms with E-state index in [4.69, 9.17) is 0 Å². The Morgan fingerprint density at radius 1 is 1.08 bits per heavy atom. The van der Waals surface area contributed by atoms with Gasteiger partial charge in [-0.15, -0.1) is 0 Å². The molecule has 0 saturated carbocycles. The second kappa shape index (κ2) is 6.91. The van der Waals surface area contributed by atoms with Crippen molar-refractivity contribution >= 4 is 5.82 Å². The smallest absolute Gasteiger partial charge is 0.126 e. The molecule has 1 aliphatic rings. The first-order valence-electron chi connectivity index (χ1n) is 9.19. The Hall–Kier alpha value is -2.68. The summed E-state index contributed by atoms with van der Waals surface area (Å²) in [5.41, 5.74) is 6.19. The Kier molecular flexibility index (Phi) is 4.46. The highest BCUT2D eigenvalue weighted by atomic mass is 19.1. The number of hydrogen-bond donors (Lipinski definition) is 1. The monoisotopic (exact) mass is 346 g/mol. The van der Waals surface area contributed by atoms with Gasteiger partial charge >= 0.3 is 0 Å². The van der Waals surface area contributed by atoms with Crippen molar-refractivity contribution in [2.24, 2.45) is 5.92 Å². The summed E-state index contributed by atoms with van der Waals surface area (Å²) in [4.78, 5) is 4.61. The van der Waals surface area contributed by atoms with Gasteiger partial charge in [-0.05, 0) is 58.4 Å². The summed E-state index contributed by atoms with van der Waals surface area (Å²) in [7, 11) is 0. The third-order valence-corrected chi connectivity index (χ3v) is 5.00. The zero-order valence-electron chi connectivity index (χ0n) is 15.2. The van der Waals surface area contributed by atoms with Crippen LogP contribution in [0.25, 0.3) is 11.1 Å². The highest BCUT2D eigenvalue weighted by Gasteiger charge is 2.26. The van der Waals surface area contributed by atoms with Crippen LogP contribution in [0.3, 0.4) is 0 Å². The van der Waals surface area contributed by atoms with Gasteiger partial charge in [0.1, 0.15) is 11.6 Å². The number of nitrogens with zero attached hydrogens (tertiary/aromatic N) is 1. The number of anilines is 1. The van der Waals surface area contributed by atoms with E-state index in [2.05, 4.69) is 54.5 Å². The molecule has 2 nitrogen and oxygen atoms in total. The van der Waals surface area contributed by atoms with E-state index in [-0.39, 0.29) is 11.7 Å². The Bertz CT molecular complexity index is 916. The second-order valence-electron chi connectivity index (χ2n) is 7.40. The number of hydrogen-bond acceptors (Lipinski definition) is 2. The molecule has 3 aromatic rings. The van der Waals surface area contributed by atoms with Gasteiger partial charge in [0.05, 0.1) is 0 Å². The van der Waals surface area contributed by atoms with Crippen LogP contribution in [-0.2, 0) is 6.42 Å². The zero-order valence-corrected chi connectivity index (χ0v) is 15.2. The number of benzene rings is 2. The molecule has 1 unspecified atom stereocenters. The van der Waals surface area contributed by atoms with Crippen molar-refractivity contribution in [1.29, 1.82) is 0 Å². The predicted octanol–water partition coefficient (Wildman–Crippen LogP) is 5.64. The molecule has 0 spiro atoms. The summed E-state index contributed by atoms with van der Waals surface area (Å²) in [6.45, 7) is 5.29. The maximum Gasteiger partial charge on any atom is 0.126 e. The number of halogens is 1. The van der Waals surface area contributed by atoms with Crippen molar-refractivity contribution in [3.63, 3.8) is 0 Å². The van der Waals surface area contributed by atoms with Gasteiger partial charge < -0.3 is 5.32 Å². The minimum Gasteiger partial charge on any atom is -0.370 e. The Morgan fingerprint density at radius 3 is 2.62 bits per heavy atom. The van der Waals surface area contributed by atoms with Crippen molar-refractivity contribution in [2.45, 2.75) is 26.2 Å². The lowest BCUT2D eigenvalue weighted by molar-refractivity contribution is 0.626. The molecule has 0 bridgehead atoms. The van der Waals surface area contributed by atoms with Gasteiger partial charge in [-0.1, -0.05) is 50.2 Å². The number of pyridine rings is 1. The highest BCUT2D eigenvalue weighted by molar-refractivity contribution is 5.76. The van der Waals surface area contributed by atoms with Crippen molar-refractivity contribution in [3.05, 3.63) is 83.3 Å². The van der Waals surface area contributed by atoms with Crippen LogP contribution in [0, 0.1) is 11.7 Å². The van der Waals surface area contributed by atoms with Gasteiger partial charge in [0.25, 0.3) is 0 Å². The highest BCUT2D eigenvalue weighted by Crippen LogP contribution is 2.42. The minimum absolute atomic E-state index is 0.194. The van der Waals surface area contributed by atoms with E-state index in [1.54, 1.807) is 12.1 Å². The van der Waals surface area contributed by atoms with E-state index in [0.29, 0.717) is 5.92 Å². The molecule has 0 saturated heterocycles. The van der Waals surface area contributed by atoms with E-state index in [1.165, 1.54) is 22.3 Å². The average Bonchev–Trinajstić information content (AvgIpc) is 2.66. The van der Waals surface area contributed by atoms with Crippen LogP contribution in [0.2, 0.25) is 0 Å². The molecule has 1 aromatic heterocycles. The third-order valence-electron chi connectivity index (χ3n) is 5.00. The van der Waals surface area contributed by atoms with Crippen LogP contribution in [0.15, 0.2) is 60.8 Å². The van der Waals surface area contributed by atoms with Crippen LogP contribution < -0.4 is 5.32 Å². The summed E-state index contributed by atoms with van der Waals surface area (Å²) in [6.07, 6.45) is 2.87. The molecular formula is C23H23FN2. The van der Waals surface area contributed by atoms with Crippen LogP contribution >= 0.6 is 0 Å². The average molecular weight is 346 g/mol. The molecule has 1 N–H and O–H groups in total. The summed E-state index contributed by atoms with van der Waals surface area (Å²) in [5.74, 6) is 1.53. The van der Waals surface area contributed by atoms with E-state index in [1.807, 2.05) is 18.3 Å². The quantitative estimate of drug-likeness (QED) is 0.661. The summed E-state index contributed by atoms with van der Waals surface area (Å²) in [5, 5.41) is 3.42. The fourth-order valence-corrected chi connectivity index (χ4v) is 3.67. The second-order valence-corrected chi connectivity index (χ2v) is 7.40. The largest absolute Gasteiger partial charge is 0.370 e. The maximum absolute atomic E-state index is 13.3. The van der Waals surface area contributed by atoms with Crippen molar-refractivity contribution < 1.29 is 4.39 Å². The van der Waals surface area contributed by atoms with Gasteiger partial charge in [-0.3, -0.25) is 0 Å². The maximum atomic E-state index is 13.3. The van der Waals surface area contributed by atoms with E-state index >= 15 is 0 Å². The Labute approximate surface area is 154 Å². The van der Waals surface area contributed by atoms with E-state index in [9.17, 15) is 4.39 Å². The molecule has 0 fully saturated rings. The first-order chi connectivity index (χ1) is 12.6. The lowest BCUT2D eigenvalue weighted by Gasteiger charge is -2.28. The van der Waals surface area contributed by atoms with Crippen LogP contribution in [0.1, 0.15) is 36.5 Å². The fraction of sp³-hybridized carbons (Fsp3) is 0.261. The van der Waals surface area contributed by atoms with Crippen molar-refractivity contribution in [2.75, 3.05) is 11.9 Å². The van der Waals surface area contributed by atoms with Crippen molar-refractivity contribution in [3.8, 4) is 11.1 Å². The number of fused-ring (bicyclic) bond motifs is 3. The molecule has 1 atom stereocenters. The normalized spacial score (nSPS) is 15.5. The van der Waals surface area contributed by atoms with E-state index < -0.39 is 0 Å². The number of nitrogens with one attached hydrogen (secondary N) is 1. The lowest BCUT2D eigenvalue weighted by Crippen LogP contribution is -2.14. The molecular weight excluding hydrogens is 323 g/mol. The molecule has 26 heavy (non-hydrogen) atoms. The van der Waals surface area contributed by atoms with Crippen molar-refractivity contribution in [1.82, 2.24) is 4.98 Å². The van der Waals surface area contributed by atoms with Gasteiger partial charge in [0.15, 0.2) is 0 Å². The lowest BCUT2D eigenvalue weighted by atomic mass is 9.76.